The Kier molecular flexibility index (Phi) is 9.45. The van der Waals surface area contributed by atoms with Crippen molar-refractivity contribution in [1.29, 1.82) is 0 Å². The Morgan fingerprint density at radius 2 is 1.95 bits per heavy atom. The Bertz CT molecular complexity index is 492. The molecule has 4 N–H and O–H groups in total. The van der Waals surface area contributed by atoms with E-state index in [1.165, 1.54) is 0 Å². The third kappa shape index (κ3) is 6.91. The van der Waals surface area contributed by atoms with Crippen LogP contribution in [0, 0.1) is 5.92 Å². The predicted molar refractivity (Wildman–Crippen MR) is 92.4 cm³/mol. The summed E-state index contributed by atoms with van der Waals surface area (Å²) >= 11 is 0. The first kappa shape index (κ1) is 20.4. The highest BCUT2D eigenvalue weighted by Gasteiger charge is 2.15. The fraction of sp³-hybridized carbons (Fsp3) is 0.500. The summed E-state index contributed by atoms with van der Waals surface area (Å²) in [6, 6.07) is 6.32. The van der Waals surface area contributed by atoms with Crippen molar-refractivity contribution >= 4 is 29.9 Å². The molecule has 0 saturated heterocycles. The van der Waals surface area contributed by atoms with E-state index < -0.39 is 6.04 Å². The molecule has 0 unspecified atom stereocenters. The molecule has 1 rings (SSSR count). The third-order valence-electron chi connectivity index (χ3n) is 2.99. The van der Waals surface area contributed by atoms with E-state index in [4.69, 9.17) is 5.73 Å². The first-order chi connectivity index (χ1) is 9.93. The van der Waals surface area contributed by atoms with Gasteiger partial charge in [-0.05, 0) is 37.0 Å². The van der Waals surface area contributed by atoms with E-state index in [9.17, 15) is 9.59 Å². The van der Waals surface area contributed by atoms with Gasteiger partial charge in [-0.15, -0.1) is 12.4 Å². The van der Waals surface area contributed by atoms with Gasteiger partial charge in [-0.2, -0.15) is 0 Å². The molecule has 0 aromatic heterocycles. The molecule has 6 heteroatoms. The second kappa shape index (κ2) is 10.2. The molecule has 124 valence electrons. The van der Waals surface area contributed by atoms with Gasteiger partial charge in [-0.25, -0.2) is 0 Å². The fourth-order valence-electron chi connectivity index (χ4n) is 1.93. The lowest BCUT2D eigenvalue weighted by atomic mass is 10.0. The number of carbonyl (C=O) groups excluding carboxylic acids is 2. The summed E-state index contributed by atoms with van der Waals surface area (Å²) in [4.78, 5) is 23.8. The van der Waals surface area contributed by atoms with E-state index in [0.29, 0.717) is 30.1 Å². The number of amides is 2. The second-order valence-corrected chi connectivity index (χ2v) is 5.56. The standard InChI is InChI=1S/C16H25N3O2.ClH/c1-4-8-18-15(20)12-6-5-7-13(10-12)19-16(21)14(17)9-11(2)3;/h5-7,10-11,14H,4,8-9,17H2,1-3H3,(H,18,20)(H,19,21);1H/t14-;/m0./s1. The number of anilines is 1. The normalized spacial score (nSPS) is 11.5. The number of nitrogens with one attached hydrogen (secondary N) is 2. The second-order valence-electron chi connectivity index (χ2n) is 5.56. The van der Waals surface area contributed by atoms with E-state index in [0.717, 1.165) is 6.42 Å². The average molecular weight is 328 g/mol. The summed E-state index contributed by atoms with van der Waals surface area (Å²) in [5, 5.41) is 5.56. The lowest BCUT2D eigenvalue weighted by Crippen LogP contribution is -2.36. The number of hydrogen-bond donors (Lipinski definition) is 3. The van der Waals surface area contributed by atoms with Crippen molar-refractivity contribution in [3.05, 3.63) is 29.8 Å². The summed E-state index contributed by atoms with van der Waals surface area (Å²) in [6.07, 6.45) is 1.51. The smallest absolute Gasteiger partial charge is 0.251 e. The van der Waals surface area contributed by atoms with Gasteiger partial charge in [-0.1, -0.05) is 26.8 Å². The van der Waals surface area contributed by atoms with Crippen LogP contribution in [0.15, 0.2) is 24.3 Å². The quantitative estimate of drug-likeness (QED) is 0.719. The minimum Gasteiger partial charge on any atom is -0.352 e. The summed E-state index contributed by atoms with van der Waals surface area (Å²) < 4.78 is 0. The Morgan fingerprint density at radius 1 is 1.27 bits per heavy atom. The van der Waals surface area contributed by atoms with Crippen LogP contribution in [0.25, 0.3) is 0 Å². The maximum atomic E-state index is 12.0. The molecule has 22 heavy (non-hydrogen) atoms. The average Bonchev–Trinajstić information content (AvgIpc) is 2.44. The Hall–Kier alpha value is -1.59. The first-order valence-corrected chi connectivity index (χ1v) is 7.38. The highest BCUT2D eigenvalue weighted by Crippen LogP contribution is 2.12. The van der Waals surface area contributed by atoms with Crippen molar-refractivity contribution in [2.45, 2.75) is 39.7 Å². The summed E-state index contributed by atoms with van der Waals surface area (Å²) in [5.41, 5.74) is 6.95. The van der Waals surface area contributed by atoms with Crippen LogP contribution < -0.4 is 16.4 Å². The number of hydrogen-bond acceptors (Lipinski definition) is 3. The zero-order valence-corrected chi connectivity index (χ0v) is 14.2. The van der Waals surface area contributed by atoms with E-state index in [2.05, 4.69) is 10.6 Å². The van der Waals surface area contributed by atoms with Crippen molar-refractivity contribution in [2.75, 3.05) is 11.9 Å². The van der Waals surface area contributed by atoms with Gasteiger partial charge in [0.15, 0.2) is 0 Å². The predicted octanol–water partition coefficient (Wildman–Crippen LogP) is 2.56. The molecule has 0 aliphatic rings. The molecule has 1 atom stereocenters. The Labute approximate surface area is 138 Å². The molecular weight excluding hydrogens is 302 g/mol. The molecule has 0 radical (unpaired) electrons. The first-order valence-electron chi connectivity index (χ1n) is 7.38. The van der Waals surface area contributed by atoms with Gasteiger partial charge >= 0.3 is 0 Å². The molecule has 1 aromatic rings. The summed E-state index contributed by atoms with van der Waals surface area (Å²) in [6.45, 7) is 6.67. The Balaban J connectivity index is 0.00000441. The van der Waals surface area contributed by atoms with Crippen LogP contribution in [0.5, 0.6) is 0 Å². The van der Waals surface area contributed by atoms with Crippen LogP contribution in [0.1, 0.15) is 44.0 Å². The SMILES string of the molecule is CCCNC(=O)c1cccc(NC(=O)[C@@H](N)CC(C)C)c1.Cl. The van der Waals surface area contributed by atoms with Crippen LogP contribution >= 0.6 is 12.4 Å². The van der Waals surface area contributed by atoms with Gasteiger partial charge in [0.25, 0.3) is 5.91 Å². The van der Waals surface area contributed by atoms with Crippen molar-refractivity contribution < 1.29 is 9.59 Å². The number of benzene rings is 1. The highest BCUT2D eigenvalue weighted by molar-refractivity contribution is 5.98. The van der Waals surface area contributed by atoms with Gasteiger partial charge < -0.3 is 16.4 Å². The van der Waals surface area contributed by atoms with Gasteiger partial charge in [0.1, 0.15) is 0 Å². The van der Waals surface area contributed by atoms with Crippen LogP contribution in [0.3, 0.4) is 0 Å². The molecule has 2 amide bonds. The number of halogens is 1. The van der Waals surface area contributed by atoms with E-state index >= 15 is 0 Å². The van der Waals surface area contributed by atoms with Crippen molar-refractivity contribution in [3.8, 4) is 0 Å². The Morgan fingerprint density at radius 3 is 2.55 bits per heavy atom. The monoisotopic (exact) mass is 327 g/mol. The van der Waals surface area contributed by atoms with Crippen molar-refractivity contribution in [1.82, 2.24) is 5.32 Å². The zero-order chi connectivity index (χ0) is 15.8. The molecule has 0 aliphatic carbocycles. The van der Waals surface area contributed by atoms with E-state index in [-0.39, 0.29) is 24.2 Å². The molecule has 0 fully saturated rings. The topological polar surface area (TPSA) is 84.2 Å². The zero-order valence-electron chi connectivity index (χ0n) is 13.4. The molecule has 0 aliphatic heterocycles. The molecule has 0 heterocycles. The lowest BCUT2D eigenvalue weighted by Gasteiger charge is -2.14. The van der Waals surface area contributed by atoms with Crippen LogP contribution in [0.4, 0.5) is 5.69 Å². The lowest BCUT2D eigenvalue weighted by molar-refractivity contribution is -0.117. The summed E-state index contributed by atoms with van der Waals surface area (Å²) in [5.74, 6) is -0.00819. The van der Waals surface area contributed by atoms with Crippen LogP contribution in [-0.2, 0) is 4.79 Å². The van der Waals surface area contributed by atoms with Gasteiger partial charge in [0.2, 0.25) is 5.91 Å². The number of nitrogens with two attached hydrogens (primary N) is 1. The van der Waals surface area contributed by atoms with Crippen LogP contribution in [-0.4, -0.2) is 24.4 Å². The minimum absolute atomic E-state index is 0. The maximum Gasteiger partial charge on any atom is 0.251 e. The van der Waals surface area contributed by atoms with E-state index in [1.54, 1.807) is 24.3 Å². The van der Waals surface area contributed by atoms with Crippen molar-refractivity contribution in [3.63, 3.8) is 0 Å². The maximum absolute atomic E-state index is 12.0. The molecule has 5 nitrogen and oxygen atoms in total. The largest absolute Gasteiger partial charge is 0.352 e. The molecular formula is C16H26ClN3O2. The van der Waals surface area contributed by atoms with Crippen LogP contribution in [0.2, 0.25) is 0 Å². The molecule has 0 spiro atoms. The van der Waals surface area contributed by atoms with Crippen molar-refractivity contribution in [2.24, 2.45) is 11.7 Å². The van der Waals surface area contributed by atoms with E-state index in [1.807, 2.05) is 20.8 Å². The highest BCUT2D eigenvalue weighted by atomic mass is 35.5. The third-order valence-corrected chi connectivity index (χ3v) is 2.99. The number of carbonyl (C=O) groups is 2. The molecule has 0 saturated carbocycles. The summed E-state index contributed by atoms with van der Waals surface area (Å²) in [7, 11) is 0. The molecule has 1 aromatic carbocycles. The molecule has 0 bridgehead atoms. The fourth-order valence-corrected chi connectivity index (χ4v) is 1.93. The minimum atomic E-state index is -0.539. The number of rotatable bonds is 7. The van der Waals surface area contributed by atoms with Gasteiger partial charge in [0, 0.05) is 17.8 Å². The van der Waals surface area contributed by atoms with Gasteiger partial charge in [0.05, 0.1) is 6.04 Å². The van der Waals surface area contributed by atoms with Gasteiger partial charge in [-0.3, -0.25) is 9.59 Å².